The lowest BCUT2D eigenvalue weighted by Crippen LogP contribution is -2.49. The lowest BCUT2D eigenvalue weighted by atomic mass is 9.90. The number of nitrogens with zero attached hydrogens (tertiary/aromatic N) is 2. The van der Waals surface area contributed by atoms with E-state index in [4.69, 9.17) is 0 Å². The quantitative estimate of drug-likeness (QED) is 0.847. The first kappa shape index (κ1) is 15.3. The smallest absolute Gasteiger partial charge is 0.0543 e. The minimum atomic E-state index is 0.693. The van der Waals surface area contributed by atoms with Gasteiger partial charge in [-0.15, -0.1) is 0 Å². The molecule has 2 fully saturated rings. The van der Waals surface area contributed by atoms with E-state index in [2.05, 4.69) is 46.4 Å². The fraction of sp³-hybridized carbons (Fsp3) is 0.650. The minimum Gasteiger partial charge on any atom is -0.313 e. The molecule has 4 rings (SSSR count). The van der Waals surface area contributed by atoms with Crippen LogP contribution in [-0.2, 0) is 6.54 Å². The predicted octanol–water partition coefficient (Wildman–Crippen LogP) is 3.09. The molecule has 0 unspecified atom stereocenters. The highest BCUT2D eigenvalue weighted by Crippen LogP contribution is 2.43. The van der Waals surface area contributed by atoms with Crippen molar-refractivity contribution in [3.8, 4) is 0 Å². The molecule has 2 aliphatic carbocycles. The standard InChI is InChI=1S/C20H29N3/c1-15-13-23(14-19-4-2-3-8-21-19)9-7-20(15)22-12-18-11-16-5-6-17(18)10-16/h2-6,8,15-18,20,22H,7,9-14H2,1H3/t15-,16+,17+,18+,20+/m1/s1. The van der Waals surface area contributed by atoms with Crippen molar-refractivity contribution in [2.75, 3.05) is 19.6 Å². The van der Waals surface area contributed by atoms with Gasteiger partial charge in [0, 0.05) is 31.9 Å². The Labute approximate surface area is 140 Å². The van der Waals surface area contributed by atoms with Crippen LogP contribution in [0.15, 0.2) is 36.5 Å². The number of aromatic nitrogens is 1. The molecule has 1 aliphatic heterocycles. The third-order valence-corrected chi connectivity index (χ3v) is 6.16. The Morgan fingerprint density at radius 3 is 2.91 bits per heavy atom. The molecular weight excluding hydrogens is 282 g/mol. The molecule has 1 aromatic rings. The topological polar surface area (TPSA) is 28.2 Å². The number of pyridine rings is 1. The number of allylic oxidation sites excluding steroid dienone is 2. The SMILES string of the molecule is C[C@@H]1CN(Cc2ccccn2)CC[C@@H]1NC[C@@H]1C[C@H]2C=C[C@H]1C2. The van der Waals surface area contributed by atoms with Crippen LogP contribution in [-0.4, -0.2) is 35.6 Å². The maximum Gasteiger partial charge on any atom is 0.0543 e. The zero-order chi connectivity index (χ0) is 15.6. The Bertz CT molecular complexity index is 541. The fourth-order valence-corrected chi connectivity index (χ4v) is 4.83. The van der Waals surface area contributed by atoms with Gasteiger partial charge in [0.2, 0.25) is 0 Å². The summed E-state index contributed by atoms with van der Waals surface area (Å²) < 4.78 is 0. The highest BCUT2D eigenvalue weighted by atomic mass is 15.2. The Morgan fingerprint density at radius 1 is 1.26 bits per heavy atom. The average Bonchev–Trinajstić information content (AvgIpc) is 3.18. The van der Waals surface area contributed by atoms with Crippen molar-refractivity contribution in [2.24, 2.45) is 23.7 Å². The van der Waals surface area contributed by atoms with Gasteiger partial charge in [-0.3, -0.25) is 9.88 Å². The number of nitrogens with one attached hydrogen (secondary N) is 1. The summed E-state index contributed by atoms with van der Waals surface area (Å²) in [6, 6.07) is 6.91. The maximum atomic E-state index is 4.46. The van der Waals surface area contributed by atoms with Gasteiger partial charge in [-0.25, -0.2) is 0 Å². The summed E-state index contributed by atoms with van der Waals surface area (Å²) in [6.07, 6.45) is 10.9. The van der Waals surface area contributed by atoms with Crippen molar-refractivity contribution >= 4 is 0 Å². The summed E-state index contributed by atoms with van der Waals surface area (Å²) in [7, 11) is 0. The average molecular weight is 311 g/mol. The van der Waals surface area contributed by atoms with Gasteiger partial charge in [0.15, 0.2) is 0 Å². The zero-order valence-electron chi connectivity index (χ0n) is 14.2. The number of piperidine rings is 1. The lowest BCUT2D eigenvalue weighted by molar-refractivity contribution is 0.136. The molecule has 2 bridgehead atoms. The number of fused-ring (bicyclic) bond motifs is 2. The first-order chi connectivity index (χ1) is 11.3. The molecular formula is C20H29N3. The summed E-state index contributed by atoms with van der Waals surface area (Å²) in [4.78, 5) is 7.02. The molecule has 0 amide bonds. The van der Waals surface area contributed by atoms with Gasteiger partial charge in [-0.05, 0) is 61.6 Å². The molecule has 0 radical (unpaired) electrons. The van der Waals surface area contributed by atoms with Crippen molar-refractivity contribution in [1.29, 1.82) is 0 Å². The fourth-order valence-electron chi connectivity index (χ4n) is 4.83. The molecule has 2 heterocycles. The Balaban J connectivity index is 1.24. The normalized spacial score (nSPS) is 36.7. The summed E-state index contributed by atoms with van der Waals surface area (Å²) in [5, 5.41) is 3.91. The van der Waals surface area contributed by atoms with E-state index in [0.717, 1.165) is 30.2 Å². The number of hydrogen-bond acceptors (Lipinski definition) is 3. The number of hydrogen-bond donors (Lipinski definition) is 1. The largest absolute Gasteiger partial charge is 0.313 e. The Morgan fingerprint density at radius 2 is 2.22 bits per heavy atom. The van der Waals surface area contributed by atoms with Crippen molar-refractivity contribution in [2.45, 2.75) is 38.8 Å². The van der Waals surface area contributed by atoms with E-state index in [1.54, 1.807) is 0 Å². The van der Waals surface area contributed by atoms with Crippen LogP contribution in [0.4, 0.5) is 0 Å². The van der Waals surface area contributed by atoms with E-state index >= 15 is 0 Å². The van der Waals surface area contributed by atoms with Crippen molar-refractivity contribution in [3.05, 3.63) is 42.2 Å². The van der Waals surface area contributed by atoms with Crippen LogP contribution in [0.1, 0.15) is 31.9 Å². The molecule has 1 aromatic heterocycles. The molecule has 124 valence electrons. The number of rotatable bonds is 5. The van der Waals surface area contributed by atoms with Crippen molar-refractivity contribution in [1.82, 2.24) is 15.2 Å². The predicted molar refractivity (Wildman–Crippen MR) is 93.9 cm³/mol. The van der Waals surface area contributed by atoms with Gasteiger partial charge < -0.3 is 5.32 Å². The van der Waals surface area contributed by atoms with E-state index in [9.17, 15) is 0 Å². The maximum absolute atomic E-state index is 4.46. The summed E-state index contributed by atoms with van der Waals surface area (Å²) in [5.41, 5.74) is 1.19. The summed E-state index contributed by atoms with van der Waals surface area (Å²) in [5.74, 6) is 3.38. The van der Waals surface area contributed by atoms with Gasteiger partial charge in [-0.2, -0.15) is 0 Å². The molecule has 3 aliphatic rings. The van der Waals surface area contributed by atoms with Crippen molar-refractivity contribution < 1.29 is 0 Å². The monoisotopic (exact) mass is 311 g/mol. The molecule has 1 saturated carbocycles. The van der Waals surface area contributed by atoms with E-state index in [0.29, 0.717) is 6.04 Å². The van der Waals surface area contributed by atoms with Crippen LogP contribution < -0.4 is 5.32 Å². The van der Waals surface area contributed by atoms with E-state index < -0.39 is 0 Å². The zero-order valence-corrected chi connectivity index (χ0v) is 14.2. The van der Waals surface area contributed by atoms with Crippen molar-refractivity contribution in [3.63, 3.8) is 0 Å². The van der Waals surface area contributed by atoms with Crippen LogP contribution in [0.5, 0.6) is 0 Å². The third-order valence-electron chi connectivity index (χ3n) is 6.16. The summed E-state index contributed by atoms with van der Waals surface area (Å²) in [6.45, 7) is 7.00. The molecule has 3 nitrogen and oxygen atoms in total. The summed E-state index contributed by atoms with van der Waals surface area (Å²) >= 11 is 0. The minimum absolute atomic E-state index is 0.693. The first-order valence-electron chi connectivity index (χ1n) is 9.32. The number of likely N-dealkylation sites (tertiary alicyclic amines) is 1. The second-order valence-electron chi connectivity index (χ2n) is 7.88. The van der Waals surface area contributed by atoms with Crippen LogP contribution in [0, 0.1) is 23.7 Å². The highest BCUT2D eigenvalue weighted by molar-refractivity contribution is 5.10. The highest BCUT2D eigenvalue weighted by Gasteiger charge is 2.36. The molecule has 0 spiro atoms. The van der Waals surface area contributed by atoms with Crippen LogP contribution >= 0.6 is 0 Å². The van der Waals surface area contributed by atoms with Gasteiger partial charge in [0.25, 0.3) is 0 Å². The molecule has 23 heavy (non-hydrogen) atoms. The van der Waals surface area contributed by atoms with Crippen LogP contribution in [0.3, 0.4) is 0 Å². The van der Waals surface area contributed by atoms with Gasteiger partial charge >= 0.3 is 0 Å². The third kappa shape index (κ3) is 3.51. The second-order valence-corrected chi connectivity index (χ2v) is 7.88. The lowest BCUT2D eigenvalue weighted by Gasteiger charge is -2.38. The Hall–Kier alpha value is -1.19. The molecule has 0 aromatic carbocycles. The van der Waals surface area contributed by atoms with E-state index in [1.807, 2.05) is 12.3 Å². The van der Waals surface area contributed by atoms with Gasteiger partial charge in [-0.1, -0.05) is 25.1 Å². The van der Waals surface area contributed by atoms with Gasteiger partial charge in [0.05, 0.1) is 5.69 Å². The molecule has 1 N–H and O–H groups in total. The molecule has 3 heteroatoms. The molecule has 1 saturated heterocycles. The van der Waals surface area contributed by atoms with Crippen LogP contribution in [0.2, 0.25) is 0 Å². The second kappa shape index (κ2) is 6.74. The van der Waals surface area contributed by atoms with E-state index in [1.165, 1.54) is 44.6 Å². The first-order valence-corrected chi connectivity index (χ1v) is 9.32. The van der Waals surface area contributed by atoms with Gasteiger partial charge in [0.1, 0.15) is 0 Å². The van der Waals surface area contributed by atoms with E-state index in [-0.39, 0.29) is 0 Å². The molecule has 5 atom stereocenters. The Kier molecular flexibility index (Phi) is 4.50. The van der Waals surface area contributed by atoms with Crippen LogP contribution in [0.25, 0.3) is 0 Å².